The number of nitrogens with zero attached hydrogens (tertiary/aromatic N) is 2. The molecule has 0 spiro atoms. The Kier molecular flexibility index (Phi) is 3.33. The first-order valence-corrected chi connectivity index (χ1v) is 5.39. The number of halogens is 1. The Bertz CT molecular complexity index is 504. The van der Waals surface area contributed by atoms with E-state index in [0.717, 1.165) is 10.9 Å². The van der Waals surface area contributed by atoms with Crippen molar-refractivity contribution in [3.05, 3.63) is 35.2 Å². The van der Waals surface area contributed by atoms with E-state index < -0.39 is 0 Å². The Morgan fingerprint density at radius 3 is 2.81 bits per heavy atom. The number of hydrogen-bond donors (Lipinski definition) is 2. The number of para-hydroxylation sites is 1. The molecule has 1 aromatic heterocycles. The lowest BCUT2D eigenvalue weighted by atomic mass is 10.1. The fourth-order valence-corrected chi connectivity index (χ4v) is 1.81. The van der Waals surface area contributed by atoms with Crippen molar-refractivity contribution >= 4 is 22.5 Å². The summed E-state index contributed by atoms with van der Waals surface area (Å²) >= 11 is 5.83. The van der Waals surface area contributed by atoms with Gasteiger partial charge in [0.25, 0.3) is 0 Å². The number of aliphatic hydroxyl groups excluding tert-OH is 1. The Labute approximate surface area is 98.1 Å². The van der Waals surface area contributed by atoms with Gasteiger partial charge >= 0.3 is 0 Å². The van der Waals surface area contributed by atoms with E-state index in [0.29, 0.717) is 12.1 Å². The largest absolute Gasteiger partial charge is 0.396 e. The molecule has 1 heterocycles. The lowest BCUT2D eigenvalue weighted by molar-refractivity contribution is 0.276. The van der Waals surface area contributed by atoms with Crippen LogP contribution in [0, 0.1) is 0 Å². The van der Waals surface area contributed by atoms with Gasteiger partial charge in [-0.05, 0) is 24.1 Å². The van der Waals surface area contributed by atoms with Crippen LogP contribution >= 0.6 is 11.6 Å². The van der Waals surface area contributed by atoms with Crippen LogP contribution in [-0.2, 0) is 0 Å². The number of benzene rings is 1. The van der Waals surface area contributed by atoms with Crippen molar-refractivity contribution in [2.45, 2.75) is 12.5 Å². The third-order valence-electron chi connectivity index (χ3n) is 2.40. The first-order chi connectivity index (χ1) is 7.72. The molecule has 1 aromatic carbocycles. The van der Waals surface area contributed by atoms with E-state index in [1.807, 2.05) is 24.3 Å². The highest BCUT2D eigenvalue weighted by molar-refractivity contribution is 6.28. The van der Waals surface area contributed by atoms with E-state index in [-0.39, 0.29) is 17.9 Å². The molecule has 1 atom stereocenters. The van der Waals surface area contributed by atoms with Crippen LogP contribution in [0.1, 0.15) is 18.2 Å². The van der Waals surface area contributed by atoms with Gasteiger partial charge in [0.15, 0.2) is 0 Å². The molecule has 0 radical (unpaired) electrons. The minimum absolute atomic E-state index is 0.0249. The second-order valence-corrected chi connectivity index (χ2v) is 3.85. The van der Waals surface area contributed by atoms with E-state index in [2.05, 4.69) is 9.97 Å². The number of aromatic nitrogens is 2. The summed E-state index contributed by atoms with van der Waals surface area (Å²) in [6.07, 6.45) is 0.456. The zero-order valence-electron chi connectivity index (χ0n) is 8.60. The lowest BCUT2D eigenvalue weighted by Gasteiger charge is -2.12. The lowest BCUT2D eigenvalue weighted by Crippen LogP contribution is -2.14. The zero-order valence-corrected chi connectivity index (χ0v) is 9.35. The molecule has 4 nitrogen and oxygen atoms in total. The summed E-state index contributed by atoms with van der Waals surface area (Å²) in [6, 6.07) is 7.22. The smallest absolute Gasteiger partial charge is 0.223 e. The maximum Gasteiger partial charge on any atom is 0.223 e. The maximum absolute atomic E-state index is 8.88. The molecular formula is C11H12ClN3O. The van der Waals surface area contributed by atoms with Crippen LogP contribution in [0.15, 0.2) is 24.3 Å². The van der Waals surface area contributed by atoms with Crippen molar-refractivity contribution in [2.24, 2.45) is 5.73 Å². The van der Waals surface area contributed by atoms with Crippen molar-refractivity contribution in [1.82, 2.24) is 9.97 Å². The highest BCUT2D eigenvalue weighted by Gasteiger charge is 2.13. The highest BCUT2D eigenvalue weighted by Crippen LogP contribution is 2.23. The summed E-state index contributed by atoms with van der Waals surface area (Å²) in [4.78, 5) is 8.25. The summed E-state index contributed by atoms with van der Waals surface area (Å²) in [5.74, 6) is 0. The van der Waals surface area contributed by atoms with Gasteiger partial charge in [-0.3, -0.25) is 0 Å². The second-order valence-electron chi connectivity index (χ2n) is 3.51. The second kappa shape index (κ2) is 4.74. The molecule has 0 aliphatic rings. The average molecular weight is 238 g/mol. The molecule has 0 aliphatic heterocycles. The van der Waals surface area contributed by atoms with Gasteiger partial charge in [0, 0.05) is 18.0 Å². The van der Waals surface area contributed by atoms with Gasteiger partial charge in [0.2, 0.25) is 5.28 Å². The topological polar surface area (TPSA) is 72.0 Å². The van der Waals surface area contributed by atoms with Gasteiger partial charge in [-0.15, -0.1) is 0 Å². The SMILES string of the molecule is NC(CCO)c1nc(Cl)nc2ccccc12. The molecule has 0 aliphatic carbocycles. The van der Waals surface area contributed by atoms with Crippen LogP contribution in [-0.4, -0.2) is 21.7 Å². The molecule has 84 valence electrons. The predicted molar refractivity (Wildman–Crippen MR) is 63.2 cm³/mol. The zero-order chi connectivity index (χ0) is 11.5. The van der Waals surface area contributed by atoms with E-state index in [9.17, 15) is 0 Å². The van der Waals surface area contributed by atoms with Crippen LogP contribution in [0.3, 0.4) is 0 Å². The molecule has 0 bridgehead atoms. The first-order valence-electron chi connectivity index (χ1n) is 5.01. The third kappa shape index (κ3) is 2.14. The molecule has 3 N–H and O–H groups in total. The van der Waals surface area contributed by atoms with Crippen LogP contribution in [0.25, 0.3) is 10.9 Å². The molecule has 0 saturated carbocycles. The van der Waals surface area contributed by atoms with Crippen molar-refractivity contribution < 1.29 is 5.11 Å². The Balaban J connectivity index is 2.58. The third-order valence-corrected chi connectivity index (χ3v) is 2.57. The molecular weight excluding hydrogens is 226 g/mol. The maximum atomic E-state index is 8.88. The van der Waals surface area contributed by atoms with Gasteiger partial charge in [0.1, 0.15) is 0 Å². The Hall–Kier alpha value is -1.23. The Morgan fingerprint density at radius 1 is 1.31 bits per heavy atom. The molecule has 0 amide bonds. The summed E-state index contributed by atoms with van der Waals surface area (Å²) in [5, 5.41) is 9.95. The van der Waals surface area contributed by atoms with Crippen LogP contribution in [0.5, 0.6) is 0 Å². The quantitative estimate of drug-likeness (QED) is 0.797. The van der Waals surface area contributed by atoms with Gasteiger partial charge in [-0.25, -0.2) is 9.97 Å². The standard InChI is InChI=1S/C11H12ClN3O/c12-11-14-9-4-2-1-3-7(9)10(15-11)8(13)5-6-16/h1-4,8,16H,5-6,13H2. The van der Waals surface area contributed by atoms with Gasteiger partial charge in [0.05, 0.1) is 11.2 Å². The predicted octanol–water partition coefficient (Wildman–Crippen LogP) is 1.67. The summed E-state index contributed by atoms with van der Waals surface area (Å²) < 4.78 is 0. The van der Waals surface area contributed by atoms with Crippen molar-refractivity contribution in [2.75, 3.05) is 6.61 Å². The van der Waals surface area contributed by atoms with Crippen LogP contribution in [0.2, 0.25) is 5.28 Å². The molecule has 5 heteroatoms. The van der Waals surface area contributed by atoms with Crippen LogP contribution < -0.4 is 5.73 Å². The fourth-order valence-electron chi connectivity index (χ4n) is 1.63. The average Bonchev–Trinajstić information content (AvgIpc) is 2.28. The summed E-state index contributed by atoms with van der Waals surface area (Å²) in [6.45, 7) is 0.0249. The number of aliphatic hydroxyl groups is 1. The van der Waals surface area contributed by atoms with E-state index in [1.165, 1.54) is 0 Å². The highest BCUT2D eigenvalue weighted by atomic mass is 35.5. The van der Waals surface area contributed by atoms with Gasteiger partial charge in [-0.1, -0.05) is 18.2 Å². The van der Waals surface area contributed by atoms with Crippen molar-refractivity contribution in [1.29, 1.82) is 0 Å². The molecule has 1 unspecified atom stereocenters. The fraction of sp³-hybridized carbons (Fsp3) is 0.273. The number of fused-ring (bicyclic) bond motifs is 1. The number of rotatable bonds is 3. The van der Waals surface area contributed by atoms with E-state index in [4.69, 9.17) is 22.4 Å². The minimum Gasteiger partial charge on any atom is -0.396 e. The van der Waals surface area contributed by atoms with Crippen molar-refractivity contribution in [3.8, 4) is 0 Å². The number of hydrogen-bond acceptors (Lipinski definition) is 4. The summed E-state index contributed by atoms with van der Waals surface area (Å²) in [7, 11) is 0. The molecule has 0 saturated heterocycles. The minimum atomic E-state index is -0.324. The first kappa shape index (κ1) is 11.3. The molecule has 0 fully saturated rings. The van der Waals surface area contributed by atoms with E-state index in [1.54, 1.807) is 0 Å². The van der Waals surface area contributed by atoms with E-state index >= 15 is 0 Å². The summed E-state index contributed by atoms with van der Waals surface area (Å²) in [5.41, 5.74) is 7.39. The number of nitrogens with two attached hydrogens (primary N) is 1. The molecule has 2 rings (SSSR count). The van der Waals surface area contributed by atoms with Crippen molar-refractivity contribution in [3.63, 3.8) is 0 Å². The van der Waals surface area contributed by atoms with Gasteiger partial charge in [-0.2, -0.15) is 0 Å². The monoisotopic (exact) mass is 237 g/mol. The molecule has 16 heavy (non-hydrogen) atoms. The normalized spacial score (nSPS) is 12.9. The van der Waals surface area contributed by atoms with Gasteiger partial charge < -0.3 is 10.8 Å². The Morgan fingerprint density at radius 2 is 2.06 bits per heavy atom. The molecule has 2 aromatic rings. The van der Waals surface area contributed by atoms with Crippen LogP contribution in [0.4, 0.5) is 0 Å².